The van der Waals surface area contributed by atoms with Gasteiger partial charge in [-0.3, -0.25) is 9.59 Å². The van der Waals surface area contributed by atoms with E-state index in [1.54, 1.807) is 11.3 Å². The highest BCUT2D eigenvalue weighted by Crippen LogP contribution is 2.29. The second-order valence-corrected chi connectivity index (χ2v) is 8.35. The van der Waals surface area contributed by atoms with Crippen molar-refractivity contribution in [2.24, 2.45) is 5.92 Å². The van der Waals surface area contributed by atoms with Crippen LogP contribution in [0.15, 0.2) is 0 Å². The number of carbonyl (C=O) groups excluding carboxylic acids is 2. The number of piperazine rings is 1. The monoisotopic (exact) mass is 349 g/mol. The normalized spacial score (nSPS) is 24.2. The minimum absolute atomic E-state index is 0.00686. The van der Waals surface area contributed by atoms with E-state index in [4.69, 9.17) is 0 Å². The highest BCUT2D eigenvalue weighted by molar-refractivity contribution is 7.13. The van der Waals surface area contributed by atoms with Gasteiger partial charge < -0.3 is 9.80 Å². The average molecular weight is 350 g/mol. The first kappa shape index (κ1) is 17.4. The fourth-order valence-electron chi connectivity index (χ4n) is 3.64. The van der Waals surface area contributed by atoms with Crippen molar-refractivity contribution in [3.05, 3.63) is 15.6 Å². The molecule has 0 N–H and O–H groups in total. The maximum atomic E-state index is 13.0. The molecule has 0 bridgehead atoms. The molecule has 0 spiro atoms. The molecule has 3 rings (SSSR count). The molecule has 0 saturated carbocycles. The van der Waals surface area contributed by atoms with E-state index in [2.05, 4.69) is 4.98 Å². The summed E-state index contributed by atoms with van der Waals surface area (Å²) in [6, 6.07) is 0.0436. The van der Waals surface area contributed by atoms with Gasteiger partial charge in [0.25, 0.3) is 5.91 Å². The van der Waals surface area contributed by atoms with Crippen molar-refractivity contribution < 1.29 is 9.59 Å². The second kappa shape index (κ2) is 6.82. The van der Waals surface area contributed by atoms with Crippen LogP contribution in [0.3, 0.4) is 0 Å². The first-order chi connectivity index (χ1) is 11.4. The van der Waals surface area contributed by atoms with Crippen molar-refractivity contribution in [2.75, 3.05) is 13.1 Å². The Labute approximate surface area is 148 Å². The summed E-state index contributed by atoms with van der Waals surface area (Å²) in [6.45, 7) is 9.13. The summed E-state index contributed by atoms with van der Waals surface area (Å²) in [5, 5.41) is 0.629. The van der Waals surface area contributed by atoms with Gasteiger partial charge >= 0.3 is 0 Å². The van der Waals surface area contributed by atoms with Gasteiger partial charge in [0.1, 0.15) is 0 Å². The van der Waals surface area contributed by atoms with E-state index in [1.165, 1.54) is 17.7 Å². The molecule has 2 amide bonds. The maximum absolute atomic E-state index is 13.0. The number of carbonyl (C=O) groups is 2. The number of fused-ring (bicyclic) bond motifs is 1. The van der Waals surface area contributed by atoms with Crippen LogP contribution in [0.4, 0.5) is 0 Å². The largest absolute Gasteiger partial charge is 0.336 e. The van der Waals surface area contributed by atoms with Crippen LogP contribution in [-0.4, -0.2) is 51.8 Å². The highest BCUT2D eigenvalue weighted by Gasteiger charge is 2.37. The smallest absolute Gasteiger partial charge is 0.283 e. The molecule has 1 aromatic heterocycles. The van der Waals surface area contributed by atoms with Crippen molar-refractivity contribution in [3.63, 3.8) is 0 Å². The van der Waals surface area contributed by atoms with E-state index in [9.17, 15) is 9.59 Å². The van der Waals surface area contributed by atoms with Gasteiger partial charge in [0.2, 0.25) is 5.91 Å². The lowest BCUT2D eigenvalue weighted by molar-refractivity contribution is -0.140. The molecule has 5 nitrogen and oxygen atoms in total. The molecule has 2 atom stereocenters. The Balaban J connectivity index is 1.74. The Kier molecular flexibility index (Phi) is 4.95. The van der Waals surface area contributed by atoms with Crippen LogP contribution >= 0.6 is 11.3 Å². The lowest BCUT2D eigenvalue weighted by atomic mass is 10.0. The van der Waals surface area contributed by atoms with Gasteiger partial charge in [-0.1, -0.05) is 13.8 Å². The summed E-state index contributed by atoms with van der Waals surface area (Å²) in [5.41, 5.74) is 1.13. The predicted octanol–water partition coefficient (Wildman–Crippen LogP) is 2.74. The second-order valence-electron chi connectivity index (χ2n) is 7.26. The molecule has 1 fully saturated rings. The summed E-state index contributed by atoms with van der Waals surface area (Å²) >= 11 is 1.57. The maximum Gasteiger partial charge on any atom is 0.283 e. The minimum Gasteiger partial charge on any atom is -0.336 e. The third-order valence-electron chi connectivity index (χ3n) is 5.33. The molecule has 6 heteroatoms. The zero-order valence-electron chi connectivity index (χ0n) is 15.0. The first-order valence-corrected chi connectivity index (χ1v) is 9.81. The summed E-state index contributed by atoms with van der Waals surface area (Å²) in [5.74, 6) is 0.198. The summed E-state index contributed by atoms with van der Waals surface area (Å²) in [6.07, 6.45) is 4.44. The topological polar surface area (TPSA) is 53.5 Å². The molecule has 0 radical (unpaired) electrons. The van der Waals surface area contributed by atoms with E-state index in [0.29, 0.717) is 18.1 Å². The molecule has 132 valence electrons. The number of hydrogen-bond acceptors (Lipinski definition) is 4. The Morgan fingerprint density at radius 1 is 1.08 bits per heavy atom. The van der Waals surface area contributed by atoms with Crippen molar-refractivity contribution in [1.29, 1.82) is 0 Å². The van der Waals surface area contributed by atoms with Gasteiger partial charge in [0.15, 0.2) is 5.01 Å². The summed E-state index contributed by atoms with van der Waals surface area (Å²) in [7, 11) is 0. The number of aryl methyl sites for hydroxylation is 2. The summed E-state index contributed by atoms with van der Waals surface area (Å²) in [4.78, 5) is 35.0. The average Bonchev–Trinajstić information content (AvgIpc) is 3.00. The van der Waals surface area contributed by atoms with E-state index in [-0.39, 0.29) is 29.8 Å². The van der Waals surface area contributed by atoms with E-state index < -0.39 is 0 Å². The quantitative estimate of drug-likeness (QED) is 0.825. The van der Waals surface area contributed by atoms with Crippen molar-refractivity contribution in [2.45, 2.75) is 65.5 Å². The lowest BCUT2D eigenvalue weighted by Crippen LogP contribution is -2.60. The first-order valence-electron chi connectivity index (χ1n) is 9.00. The van der Waals surface area contributed by atoms with Gasteiger partial charge in [-0.25, -0.2) is 4.98 Å². The Morgan fingerprint density at radius 3 is 2.38 bits per heavy atom. The van der Waals surface area contributed by atoms with Gasteiger partial charge in [0.05, 0.1) is 5.69 Å². The zero-order valence-corrected chi connectivity index (χ0v) is 15.9. The Bertz CT molecular complexity index is 617. The predicted molar refractivity (Wildman–Crippen MR) is 95.3 cm³/mol. The van der Waals surface area contributed by atoms with Crippen LogP contribution in [0.2, 0.25) is 0 Å². The van der Waals surface area contributed by atoms with Gasteiger partial charge in [-0.2, -0.15) is 0 Å². The van der Waals surface area contributed by atoms with Crippen molar-refractivity contribution >= 4 is 23.2 Å². The molecule has 0 unspecified atom stereocenters. The Hall–Kier alpha value is -1.43. The molecule has 24 heavy (non-hydrogen) atoms. The van der Waals surface area contributed by atoms with E-state index in [0.717, 1.165) is 18.5 Å². The van der Waals surface area contributed by atoms with Crippen molar-refractivity contribution in [3.8, 4) is 0 Å². The van der Waals surface area contributed by atoms with Crippen LogP contribution in [-0.2, 0) is 17.6 Å². The molecule has 0 aromatic carbocycles. The molecular formula is C18H27N3O2S. The third-order valence-corrected chi connectivity index (χ3v) is 6.48. The zero-order chi connectivity index (χ0) is 17.4. The molecule has 2 heterocycles. The van der Waals surface area contributed by atoms with Crippen LogP contribution < -0.4 is 0 Å². The fraction of sp³-hybridized carbons (Fsp3) is 0.722. The van der Waals surface area contributed by atoms with Crippen molar-refractivity contribution in [1.82, 2.24) is 14.8 Å². The Morgan fingerprint density at radius 2 is 1.71 bits per heavy atom. The van der Waals surface area contributed by atoms with Crippen LogP contribution in [0.5, 0.6) is 0 Å². The van der Waals surface area contributed by atoms with Crippen LogP contribution in [0.1, 0.15) is 60.9 Å². The molecule has 2 aliphatic rings. The van der Waals surface area contributed by atoms with E-state index >= 15 is 0 Å². The lowest BCUT2D eigenvalue weighted by Gasteiger charge is -2.45. The van der Waals surface area contributed by atoms with Crippen LogP contribution in [0, 0.1) is 5.92 Å². The standard InChI is InChI=1S/C18H27N3O2S/c1-11(2)17(22)20-9-10-21(13(4)12(20)3)18(23)16-19-14-7-5-6-8-15(14)24-16/h11-13H,5-10H2,1-4H3/t12-,13+/m1/s1. The number of hydrogen-bond donors (Lipinski definition) is 0. The number of aromatic nitrogens is 1. The molecule has 1 saturated heterocycles. The number of rotatable bonds is 2. The molecule has 1 aromatic rings. The molecular weight excluding hydrogens is 322 g/mol. The summed E-state index contributed by atoms with van der Waals surface area (Å²) < 4.78 is 0. The minimum atomic E-state index is -0.00686. The third kappa shape index (κ3) is 3.08. The van der Waals surface area contributed by atoms with Gasteiger partial charge in [0, 0.05) is 36.0 Å². The number of nitrogens with zero attached hydrogens (tertiary/aromatic N) is 3. The molecule has 1 aliphatic carbocycles. The SMILES string of the molecule is CC(C)C(=O)N1CCN(C(=O)c2nc3c(s2)CCCC3)[C@@H](C)[C@H]1C. The van der Waals surface area contributed by atoms with E-state index in [1.807, 2.05) is 37.5 Å². The fourth-order valence-corrected chi connectivity index (χ4v) is 4.74. The molecule has 1 aliphatic heterocycles. The number of thiazole rings is 1. The van der Waals surface area contributed by atoms with Crippen LogP contribution in [0.25, 0.3) is 0 Å². The number of amides is 2. The van der Waals surface area contributed by atoms with Gasteiger partial charge in [-0.05, 0) is 39.5 Å². The highest BCUT2D eigenvalue weighted by atomic mass is 32.1. The van der Waals surface area contributed by atoms with Gasteiger partial charge in [-0.15, -0.1) is 11.3 Å².